The van der Waals surface area contributed by atoms with Crippen molar-refractivity contribution in [3.63, 3.8) is 0 Å². The highest BCUT2D eigenvalue weighted by Crippen LogP contribution is 2.67. The molecule has 4 aliphatic carbocycles. The second kappa shape index (κ2) is 8.26. The lowest BCUT2D eigenvalue weighted by Crippen LogP contribution is -2.53. The maximum Gasteiger partial charge on any atom is 0.269 e. The van der Waals surface area contributed by atoms with Gasteiger partial charge in [0, 0.05) is 29.5 Å². The predicted octanol–water partition coefficient (Wildman–Crippen LogP) is 6.81. The van der Waals surface area contributed by atoms with Crippen LogP contribution in [0.15, 0.2) is 24.3 Å². The number of hydrogen-bond acceptors (Lipinski definition) is 3. The zero-order valence-corrected chi connectivity index (χ0v) is 20.3. The van der Waals surface area contributed by atoms with Gasteiger partial charge in [-0.3, -0.25) is 14.9 Å². The third kappa shape index (κ3) is 3.72. The van der Waals surface area contributed by atoms with Crippen molar-refractivity contribution in [3.8, 4) is 11.8 Å². The third-order valence-corrected chi connectivity index (χ3v) is 10.7. The van der Waals surface area contributed by atoms with Crippen LogP contribution in [0.25, 0.3) is 0 Å². The first-order valence-electron chi connectivity index (χ1n) is 13.0. The Morgan fingerprint density at radius 1 is 0.970 bits per heavy atom. The number of nitro groups is 1. The van der Waals surface area contributed by atoms with E-state index in [0.717, 1.165) is 42.1 Å². The summed E-state index contributed by atoms with van der Waals surface area (Å²) in [7, 11) is 0. The number of fused-ring (bicyclic) bond motifs is 5. The molecule has 0 bridgehead atoms. The van der Waals surface area contributed by atoms with Crippen molar-refractivity contribution < 1.29 is 9.72 Å². The molecule has 0 N–H and O–H groups in total. The van der Waals surface area contributed by atoms with Gasteiger partial charge < -0.3 is 0 Å². The highest BCUT2D eigenvalue weighted by molar-refractivity contribution is 5.79. The number of nitro benzene ring substituents is 1. The molecule has 0 heterocycles. The molecule has 4 heteroatoms. The minimum Gasteiger partial charge on any atom is -0.300 e. The molecular weight excluding hydrogens is 410 g/mol. The monoisotopic (exact) mass is 447 g/mol. The molecular formula is C29H37NO3. The molecule has 8 atom stereocenters. The van der Waals surface area contributed by atoms with Crippen LogP contribution in [0.1, 0.15) is 84.1 Å². The summed E-state index contributed by atoms with van der Waals surface area (Å²) in [5.41, 5.74) is 1.64. The number of benzene rings is 1. The number of hydrogen-bond donors (Lipinski definition) is 0. The number of non-ortho nitro benzene ring substituents is 1. The van der Waals surface area contributed by atoms with Gasteiger partial charge in [0.05, 0.1) is 4.92 Å². The van der Waals surface area contributed by atoms with Gasteiger partial charge in [0.15, 0.2) is 0 Å². The zero-order chi connectivity index (χ0) is 23.4. The maximum atomic E-state index is 12.4. The average Bonchev–Trinajstić information content (AvgIpc) is 3.15. The Hall–Kier alpha value is -2.15. The average molecular weight is 448 g/mol. The molecule has 4 fully saturated rings. The number of ketones is 1. The molecule has 1 unspecified atom stereocenters. The highest BCUT2D eigenvalue weighted by Gasteiger charge is 2.60. The number of carbonyl (C=O) groups excluding carboxylic acids is 1. The molecule has 0 saturated heterocycles. The van der Waals surface area contributed by atoms with Crippen molar-refractivity contribution >= 4 is 11.5 Å². The molecule has 5 rings (SSSR count). The van der Waals surface area contributed by atoms with Crippen molar-refractivity contribution in [1.29, 1.82) is 0 Å². The van der Waals surface area contributed by atoms with E-state index >= 15 is 0 Å². The molecule has 1 aromatic carbocycles. The molecule has 4 nitrogen and oxygen atoms in total. The fourth-order valence-electron chi connectivity index (χ4n) is 8.91. The van der Waals surface area contributed by atoms with Crippen molar-refractivity contribution in [1.82, 2.24) is 0 Å². The summed E-state index contributed by atoms with van der Waals surface area (Å²) >= 11 is 0. The fraction of sp³-hybridized carbons (Fsp3) is 0.690. The molecule has 0 aromatic heterocycles. The van der Waals surface area contributed by atoms with Crippen LogP contribution in [0.3, 0.4) is 0 Å². The van der Waals surface area contributed by atoms with Gasteiger partial charge in [-0.2, -0.15) is 0 Å². The molecule has 176 valence electrons. The van der Waals surface area contributed by atoms with Gasteiger partial charge in [0.2, 0.25) is 0 Å². The van der Waals surface area contributed by atoms with Gasteiger partial charge >= 0.3 is 0 Å². The van der Waals surface area contributed by atoms with E-state index in [0.29, 0.717) is 23.0 Å². The van der Waals surface area contributed by atoms with Crippen LogP contribution < -0.4 is 0 Å². The summed E-state index contributed by atoms with van der Waals surface area (Å²) < 4.78 is 0. The Labute approximate surface area is 198 Å². The minimum absolute atomic E-state index is 0.117. The molecule has 0 radical (unpaired) electrons. The van der Waals surface area contributed by atoms with E-state index < -0.39 is 0 Å². The number of Topliss-reactive ketones (excluding diaryl/α,β-unsaturated/α-hetero) is 1. The molecule has 4 saturated carbocycles. The standard InChI is InChI=1S/C29H37NO3/c1-19(31)25-12-13-26-24-11-8-22-18-21(5-4-20-6-9-23(10-7-20)30(32)33)14-16-28(22,2)27(24)15-17-29(25,26)3/h6-7,9-10,21-22,24-27H,8,11-18H2,1-3H3/t21?,22-,24+,25-,26+,27+,28+,29-/m1/s1. The Bertz CT molecular complexity index is 1000. The van der Waals surface area contributed by atoms with Gasteiger partial charge in [-0.25, -0.2) is 0 Å². The molecule has 1 aromatic rings. The number of rotatable bonds is 2. The minimum atomic E-state index is -0.366. The molecule has 0 aliphatic heterocycles. The fourth-order valence-corrected chi connectivity index (χ4v) is 8.91. The van der Waals surface area contributed by atoms with Crippen molar-refractivity contribution in [2.75, 3.05) is 0 Å². The predicted molar refractivity (Wildman–Crippen MR) is 129 cm³/mol. The van der Waals surface area contributed by atoms with Crippen LogP contribution in [0.4, 0.5) is 5.69 Å². The third-order valence-electron chi connectivity index (χ3n) is 10.7. The lowest BCUT2D eigenvalue weighted by Gasteiger charge is -2.61. The van der Waals surface area contributed by atoms with Crippen molar-refractivity contribution in [3.05, 3.63) is 39.9 Å². The summed E-state index contributed by atoms with van der Waals surface area (Å²) in [5.74, 6) is 11.0. The van der Waals surface area contributed by atoms with E-state index in [-0.39, 0.29) is 16.0 Å². The van der Waals surface area contributed by atoms with Crippen molar-refractivity contribution in [2.45, 2.75) is 78.6 Å². The Morgan fingerprint density at radius 2 is 1.67 bits per heavy atom. The van der Waals surface area contributed by atoms with E-state index in [1.54, 1.807) is 24.3 Å². The zero-order valence-electron chi connectivity index (χ0n) is 20.3. The first-order valence-corrected chi connectivity index (χ1v) is 13.0. The van der Waals surface area contributed by atoms with Crippen LogP contribution in [0.2, 0.25) is 0 Å². The van der Waals surface area contributed by atoms with Crippen LogP contribution >= 0.6 is 0 Å². The van der Waals surface area contributed by atoms with Gasteiger partial charge in [-0.15, -0.1) is 0 Å². The van der Waals surface area contributed by atoms with Gasteiger partial charge in [0.25, 0.3) is 5.69 Å². The molecule has 4 aliphatic rings. The van der Waals surface area contributed by atoms with E-state index in [1.165, 1.54) is 44.9 Å². The highest BCUT2D eigenvalue weighted by atomic mass is 16.6. The van der Waals surface area contributed by atoms with Gasteiger partial charge in [0.1, 0.15) is 5.78 Å². The first kappa shape index (κ1) is 22.6. The maximum absolute atomic E-state index is 12.4. The summed E-state index contributed by atoms with van der Waals surface area (Å²) in [6, 6.07) is 6.61. The molecule has 0 amide bonds. The van der Waals surface area contributed by atoms with E-state index in [1.807, 2.05) is 6.92 Å². The Balaban J connectivity index is 1.28. The van der Waals surface area contributed by atoms with Gasteiger partial charge in [-0.05, 0) is 111 Å². The topological polar surface area (TPSA) is 60.2 Å². The van der Waals surface area contributed by atoms with Crippen LogP contribution in [0.5, 0.6) is 0 Å². The summed E-state index contributed by atoms with van der Waals surface area (Å²) in [6.07, 6.45) is 11.2. The lowest BCUT2D eigenvalue weighted by atomic mass is 9.44. The summed E-state index contributed by atoms with van der Waals surface area (Å²) in [5, 5.41) is 10.9. The molecule has 33 heavy (non-hydrogen) atoms. The molecule has 0 spiro atoms. The van der Waals surface area contributed by atoms with E-state index in [2.05, 4.69) is 25.7 Å². The van der Waals surface area contributed by atoms with E-state index in [9.17, 15) is 14.9 Å². The second-order valence-corrected chi connectivity index (χ2v) is 12.0. The lowest BCUT2D eigenvalue weighted by molar-refractivity contribution is -0.384. The van der Waals surface area contributed by atoms with Crippen molar-refractivity contribution in [2.24, 2.45) is 46.3 Å². The van der Waals surface area contributed by atoms with Crippen LogP contribution in [0, 0.1) is 68.3 Å². The smallest absolute Gasteiger partial charge is 0.269 e. The van der Waals surface area contributed by atoms with Crippen LogP contribution in [-0.2, 0) is 4.79 Å². The number of carbonyl (C=O) groups is 1. The second-order valence-electron chi connectivity index (χ2n) is 12.0. The number of nitrogens with zero attached hydrogens (tertiary/aromatic N) is 1. The normalized spacial score (nSPS) is 41.7. The SMILES string of the molecule is CC(=O)[C@H]1CC[C@H]2[C@@H]3CC[C@@H]4CC(C#Cc5ccc([N+](=O)[O-])cc5)CC[C@]4(C)[C@H]3CC[C@]12C. The Kier molecular flexibility index (Phi) is 5.66. The largest absolute Gasteiger partial charge is 0.300 e. The first-order chi connectivity index (χ1) is 15.7. The quantitative estimate of drug-likeness (QED) is 0.284. The van der Waals surface area contributed by atoms with E-state index in [4.69, 9.17) is 0 Å². The van der Waals surface area contributed by atoms with Crippen LogP contribution in [-0.4, -0.2) is 10.7 Å². The summed E-state index contributed by atoms with van der Waals surface area (Å²) in [6.45, 7) is 6.84. The van der Waals surface area contributed by atoms with Gasteiger partial charge in [-0.1, -0.05) is 25.7 Å². The Morgan fingerprint density at radius 3 is 2.36 bits per heavy atom. The summed E-state index contributed by atoms with van der Waals surface area (Å²) in [4.78, 5) is 22.9.